The van der Waals surface area contributed by atoms with Gasteiger partial charge in [0.25, 0.3) is 0 Å². The molecule has 0 radical (unpaired) electrons. The molecule has 35 heavy (non-hydrogen) atoms. The molecule has 6 nitrogen and oxygen atoms in total. The van der Waals surface area contributed by atoms with E-state index in [-0.39, 0.29) is 50.7 Å². The van der Waals surface area contributed by atoms with Crippen LogP contribution in [0.25, 0.3) is 0 Å². The van der Waals surface area contributed by atoms with E-state index in [9.17, 15) is 13.2 Å². The van der Waals surface area contributed by atoms with Crippen molar-refractivity contribution in [3.8, 4) is 0 Å². The molecule has 2 saturated heterocycles. The van der Waals surface area contributed by atoms with Gasteiger partial charge in [0.1, 0.15) is 5.82 Å². The standard InChI is InChI=1S/C25H33Cl2FN2O4S/c1-24(7-2-3-8-24)22(20-19(28)5-4-18(26)21(20)27)29-23(31)16-6-11-30(13-16)35(32,33)14-17-12-25(9-10-25)15-34-17/h4-5,16-17,22H,2-3,6-15H2,1H3,(H,29,31)/t16-,17?,22+/m0/s1. The molecule has 1 spiro atoms. The number of amides is 1. The molecule has 2 saturated carbocycles. The van der Waals surface area contributed by atoms with Crippen molar-refractivity contribution in [2.75, 3.05) is 25.4 Å². The summed E-state index contributed by atoms with van der Waals surface area (Å²) in [7, 11) is -3.53. The highest BCUT2D eigenvalue weighted by molar-refractivity contribution is 7.89. The lowest BCUT2D eigenvalue weighted by Gasteiger charge is -2.36. The minimum atomic E-state index is -3.53. The molecule has 1 aromatic carbocycles. The maximum atomic E-state index is 15.0. The van der Waals surface area contributed by atoms with Gasteiger partial charge in [-0.3, -0.25) is 4.79 Å². The van der Waals surface area contributed by atoms with Gasteiger partial charge >= 0.3 is 0 Å². The largest absolute Gasteiger partial charge is 0.377 e. The molecule has 1 unspecified atom stereocenters. The van der Waals surface area contributed by atoms with Crippen molar-refractivity contribution in [3.05, 3.63) is 33.6 Å². The van der Waals surface area contributed by atoms with Crippen LogP contribution in [0.2, 0.25) is 10.0 Å². The van der Waals surface area contributed by atoms with E-state index in [0.29, 0.717) is 19.6 Å². The van der Waals surface area contributed by atoms with E-state index in [1.54, 1.807) is 0 Å². The zero-order valence-corrected chi connectivity index (χ0v) is 22.3. The van der Waals surface area contributed by atoms with Crippen molar-refractivity contribution >= 4 is 39.1 Å². The number of benzene rings is 1. The molecule has 1 aromatic rings. The molecular formula is C25H33Cl2FN2O4S. The van der Waals surface area contributed by atoms with Crippen LogP contribution >= 0.6 is 23.2 Å². The summed E-state index contributed by atoms with van der Waals surface area (Å²) in [5.74, 6) is -1.31. The van der Waals surface area contributed by atoms with Crippen molar-refractivity contribution in [2.24, 2.45) is 16.7 Å². The first-order valence-corrected chi connectivity index (χ1v) is 14.9. The second-order valence-electron chi connectivity index (χ2n) is 11.3. The molecule has 10 heteroatoms. The molecule has 4 aliphatic rings. The number of halogens is 3. The molecule has 2 aliphatic heterocycles. The summed E-state index contributed by atoms with van der Waals surface area (Å²) in [5, 5.41) is 3.42. The third-order valence-electron chi connectivity index (χ3n) is 8.65. The highest BCUT2D eigenvalue weighted by Crippen LogP contribution is 2.54. The number of rotatable bonds is 7. The molecule has 2 heterocycles. The average molecular weight is 548 g/mol. The smallest absolute Gasteiger partial charge is 0.224 e. The predicted octanol–water partition coefficient (Wildman–Crippen LogP) is 5.09. The molecule has 3 atom stereocenters. The van der Waals surface area contributed by atoms with E-state index in [1.807, 2.05) is 6.92 Å². The Morgan fingerprint density at radius 2 is 1.97 bits per heavy atom. The minimum Gasteiger partial charge on any atom is -0.377 e. The molecule has 2 aliphatic carbocycles. The topological polar surface area (TPSA) is 75.7 Å². The van der Waals surface area contributed by atoms with E-state index in [0.717, 1.165) is 44.9 Å². The second kappa shape index (κ2) is 9.43. The number of carbonyl (C=O) groups excluding carboxylic acids is 1. The molecule has 1 amide bonds. The van der Waals surface area contributed by atoms with Crippen LogP contribution in [-0.4, -0.2) is 50.2 Å². The fourth-order valence-electron chi connectivity index (χ4n) is 6.20. The van der Waals surface area contributed by atoms with Gasteiger partial charge in [0.15, 0.2) is 0 Å². The van der Waals surface area contributed by atoms with E-state index in [2.05, 4.69) is 5.32 Å². The summed E-state index contributed by atoms with van der Waals surface area (Å²) in [6, 6.07) is 2.05. The van der Waals surface area contributed by atoms with E-state index >= 15 is 4.39 Å². The fourth-order valence-corrected chi connectivity index (χ4v) is 8.31. The highest BCUT2D eigenvalue weighted by Gasteiger charge is 2.51. The Morgan fingerprint density at radius 1 is 1.26 bits per heavy atom. The Bertz CT molecular complexity index is 1100. The van der Waals surface area contributed by atoms with Crippen LogP contribution in [-0.2, 0) is 19.6 Å². The van der Waals surface area contributed by atoms with Gasteiger partial charge in [-0.1, -0.05) is 43.0 Å². The maximum absolute atomic E-state index is 15.0. The van der Waals surface area contributed by atoms with Crippen molar-refractivity contribution in [1.29, 1.82) is 0 Å². The normalized spacial score (nSPS) is 28.5. The molecule has 5 rings (SSSR count). The maximum Gasteiger partial charge on any atom is 0.224 e. The summed E-state index contributed by atoms with van der Waals surface area (Å²) >= 11 is 12.7. The summed E-state index contributed by atoms with van der Waals surface area (Å²) in [6.45, 7) is 3.12. The molecule has 4 fully saturated rings. The van der Waals surface area contributed by atoms with Gasteiger partial charge in [-0.05, 0) is 61.5 Å². The van der Waals surface area contributed by atoms with Crippen LogP contribution in [0.5, 0.6) is 0 Å². The second-order valence-corrected chi connectivity index (χ2v) is 14.1. The zero-order chi connectivity index (χ0) is 25.0. The number of ether oxygens (including phenoxy) is 1. The summed E-state index contributed by atoms with van der Waals surface area (Å²) in [5.41, 5.74) is 0.0654. The molecular weight excluding hydrogens is 514 g/mol. The first kappa shape index (κ1) is 25.7. The van der Waals surface area contributed by atoms with Crippen molar-refractivity contribution in [2.45, 2.75) is 70.4 Å². The number of nitrogens with one attached hydrogen (secondary N) is 1. The Hall–Kier alpha value is -0.930. The van der Waals surface area contributed by atoms with Crippen molar-refractivity contribution < 1.29 is 22.3 Å². The number of sulfonamides is 1. The molecule has 194 valence electrons. The van der Waals surface area contributed by atoms with E-state index in [1.165, 1.54) is 16.4 Å². The van der Waals surface area contributed by atoms with E-state index in [4.69, 9.17) is 27.9 Å². The number of hydrogen-bond donors (Lipinski definition) is 1. The highest BCUT2D eigenvalue weighted by atomic mass is 35.5. The summed E-state index contributed by atoms with van der Waals surface area (Å²) in [6.07, 6.45) is 6.83. The Morgan fingerprint density at radius 3 is 2.63 bits per heavy atom. The molecule has 0 aromatic heterocycles. The third kappa shape index (κ3) is 5.11. The van der Waals surface area contributed by atoms with Gasteiger partial charge in [-0.2, -0.15) is 0 Å². The Kier molecular flexibility index (Phi) is 6.92. The van der Waals surface area contributed by atoms with Crippen LogP contribution in [0.4, 0.5) is 4.39 Å². The lowest BCUT2D eigenvalue weighted by atomic mass is 9.76. The Balaban J connectivity index is 1.29. The van der Waals surface area contributed by atoms with Crippen molar-refractivity contribution in [1.82, 2.24) is 9.62 Å². The number of nitrogens with zero attached hydrogens (tertiary/aromatic N) is 1. The quantitative estimate of drug-likeness (QED) is 0.483. The van der Waals surface area contributed by atoms with Crippen LogP contribution in [0.15, 0.2) is 12.1 Å². The third-order valence-corrected chi connectivity index (χ3v) is 11.4. The lowest BCUT2D eigenvalue weighted by Crippen LogP contribution is -2.43. The first-order valence-electron chi connectivity index (χ1n) is 12.6. The van der Waals surface area contributed by atoms with Crippen LogP contribution < -0.4 is 5.32 Å². The predicted molar refractivity (Wildman–Crippen MR) is 133 cm³/mol. The van der Waals surface area contributed by atoms with Gasteiger partial charge in [-0.15, -0.1) is 0 Å². The van der Waals surface area contributed by atoms with Gasteiger partial charge in [-0.25, -0.2) is 17.1 Å². The zero-order valence-electron chi connectivity index (χ0n) is 20.0. The minimum absolute atomic E-state index is 0.0346. The van der Waals surface area contributed by atoms with Gasteiger partial charge < -0.3 is 10.1 Å². The number of carbonyl (C=O) groups is 1. The fraction of sp³-hybridized carbons (Fsp3) is 0.720. The summed E-state index contributed by atoms with van der Waals surface area (Å²) < 4.78 is 48.3. The average Bonchev–Trinajstić information content (AvgIpc) is 3.18. The van der Waals surface area contributed by atoms with Crippen molar-refractivity contribution in [3.63, 3.8) is 0 Å². The van der Waals surface area contributed by atoms with Gasteiger partial charge in [0.05, 0.1) is 40.5 Å². The number of hydrogen-bond acceptors (Lipinski definition) is 4. The molecule has 0 bridgehead atoms. The molecule has 1 N–H and O–H groups in total. The summed E-state index contributed by atoms with van der Waals surface area (Å²) in [4.78, 5) is 13.4. The SMILES string of the molecule is CC1([C@H](NC(=O)[C@H]2CCN(S(=O)(=O)CC3CC4(CC4)CO3)C2)c2c(F)ccc(Cl)c2Cl)CCCC1. The van der Waals surface area contributed by atoms with Gasteiger partial charge in [0.2, 0.25) is 15.9 Å². The van der Waals surface area contributed by atoms with Gasteiger partial charge in [0, 0.05) is 18.7 Å². The Labute approximate surface area is 216 Å². The van der Waals surface area contributed by atoms with Crippen LogP contribution in [0, 0.1) is 22.6 Å². The van der Waals surface area contributed by atoms with E-state index < -0.39 is 27.8 Å². The first-order chi connectivity index (χ1) is 16.5. The monoisotopic (exact) mass is 546 g/mol. The lowest BCUT2D eigenvalue weighted by molar-refractivity contribution is -0.126. The van der Waals surface area contributed by atoms with Crippen LogP contribution in [0.1, 0.15) is 69.9 Å². The van der Waals surface area contributed by atoms with Crippen LogP contribution in [0.3, 0.4) is 0 Å².